The SMILES string of the molecule is CC(NC(=O)c1c(O)cccc1O)c1ccccn1. The van der Waals surface area contributed by atoms with Gasteiger partial charge in [-0.15, -0.1) is 0 Å². The van der Waals surface area contributed by atoms with Gasteiger partial charge in [0.15, 0.2) is 0 Å². The van der Waals surface area contributed by atoms with Crippen LogP contribution in [0.25, 0.3) is 0 Å². The monoisotopic (exact) mass is 258 g/mol. The molecule has 0 radical (unpaired) electrons. The largest absolute Gasteiger partial charge is 0.507 e. The Morgan fingerprint density at radius 1 is 1.16 bits per heavy atom. The number of carbonyl (C=O) groups is 1. The molecule has 0 aliphatic heterocycles. The number of aromatic hydroxyl groups is 2. The van der Waals surface area contributed by atoms with E-state index in [9.17, 15) is 15.0 Å². The molecule has 0 aliphatic rings. The Balaban J connectivity index is 2.18. The maximum absolute atomic E-state index is 12.0. The molecule has 5 heteroatoms. The lowest BCUT2D eigenvalue weighted by Gasteiger charge is -2.14. The molecular weight excluding hydrogens is 244 g/mol. The van der Waals surface area contributed by atoms with Gasteiger partial charge in [0.25, 0.3) is 5.91 Å². The Morgan fingerprint density at radius 3 is 2.42 bits per heavy atom. The summed E-state index contributed by atoms with van der Waals surface area (Å²) in [5.74, 6) is -1.06. The van der Waals surface area contributed by atoms with Gasteiger partial charge in [-0.2, -0.15) is 0 Å². The maximum Gasteiger partial charge on any atom is 0.259 e. The van der Waals surface area contributed by atoms with Crippen molar-refractivity contribution in [1.82, 2.24) is 10.3 Å². The number of phenolic OH excluding ortho intramolecular Hbond substituents is 2. The Bertz CT molecular complexity index is 564. The van der Waals surface area contributed by atoms with Gasteiger partial charge >= 0.3 is 0 Å². The molecule has 0 saturated heterocycles. The van der Waals surface area contributed by atoms with Crippen LogP contribution in [0.5, 0.6) is 11.5 Å². The van der Waals surface area contributed by atoms with Gasteiger partial charge in [-0.1, -0.05) is 12.1 Å². The zero-order valence-electron chi connectivity index (χ0n) is 10.4. The molecule has 1 aromatic heterocycles. The lowest BCUT2D eigenvalue weighted by atomic mass is 10.1. The van der Waals surface area contributed by atoms with E-state index in [0.29, 0.717) is 5.69 Å². The molecule has 1 heterocycles. The highest BCUT2D eigenvalue weighted by Gasteiger charge is 2.18. The molecule has 1 unspecified atom stereocenters. The quantitative estimate of drug-likeness (QED) is 0.786. The van der Waals surface area contributed by atoms with Crippen LogP contribution in [-0.4, -0.2) is 21.1 Å². The summed E-state index contributed by atoms with van der Waals surface area (Å²) in [4.78, 5) is 16.1. The average Bonchev–Trinajstić information content (AvgIpc) is 2.39. The van der Waals surface area contributed by atoms with Gasteiger partial charge in [0.2, 0.25) is 0 Å². The number of pyridine rings is 1. The van der Waals surface area contributed by atoms with E-state index in [1.165, 1.54) is 18.2 Å². The van der Waals surface area contributed by atoms with Gasteiger partial charge < -0.3 is 15.5 Å². The molecule has 0 bridgehead atoms. The second kappa shape index (κ2) is 5.39. The van der Waals surface area contributed by atoms with Crippen LogP contribution in [0.15, 0.2) is 42.6 Å². The van der Waals surface area contributed by atoms with Crippen molar-refractivity contribution in [3.8, 4) is 11.5 Å². The van der Waals surface area contributed by atoms with Gasteiger partial charge in [0.1, 0.15) is 17.1 Å². The molecule has 19 heavy (non-hydrogen) atoms. The topological polar surface area (TPSA) is 82.5 Å². The summed E-state index contributed by atoms with van der Waals surface area (Å²) in [6, 6.07) is 9.22. The number of rotatable bonds is 3. The van der Waals surface area contributed by atoms with Crippen LogP contribution in [0.2, 0.25) is 0 Å². The van der Waals surface area contributed by atoms with Crippen LogP contribution in [-0.2, 0) is 0 Å². The molecule has 0 fully saturated rings. The van der Waals surface area contributed by atoms with Crippen molar-refractivity contribution in [2.24, 2.45) is 0 Å². The molecule has 2 rings (SSSR count). The van der Waals surface area contributed by atoms with Crippen molar-refractivity contribution >= 4 is 5.91 Å². The van der Waals surface area contributed by atoms with Crippen LogP contribution in [0.3, 0.4) is 0 Å². The van der Waals surface area contributed by atoms with Gasteiger partial charge in [-0.25, -0.2) is 0 Å². The third-order valence-corrected chi connectivity index (χ3v) is 2.73. The number of nitrogens with one attached hydrogen (secondary N) is 1. The van der Waals surface area contributed by atoms with Gasteiger partial charge in [-0.3, -0.25) is 9.78 Å². The number of hydrogen-bond donors (Lipinski definition) is 3. The van der Waals surface area contributed by atoms with Crippen molar-refractivity contribution < 1.29 is 15.0 Å². The molecule has 0 spiro atoms. The van der Waals surface area contributed by atoms with Crippen molar-refractivity contribution in [3.05, 3.63) is 53.9 Å². The van der Waals surface area contributed by atoms with E-state index < -0.39 is 5.91 Å². The minimum absolute atomic E-state index is 0.134. The average molecular weight is 258 g/mol. The number of nitrogens with zero attached hydrogens (tertiary/aromatic N) is 1. The molecule has 1 atom stereocenters. The van der Waals surface area contributed by atoms with Crippen LogP contribution < -0.4 is 5.32 Å². The molecule has 2 aromatic rings. The van der Waals surface area contributed by atoms with E-state index in [4.69, 9.17) is 0 Å². The second-order valence-electron chi connectivity index (χ2n) is 4.12. The lowest BCUT2D eigenvalue weighted by molar-refractivity contribution is 0.0933. The third-order valence-electron chi connectivity index (χ3n) is 2.73. The van der Waals surface area contributed by atoms with E-state index in [1.54, 1.807) is 25.3 Å². The van der Waals surface area contributed by atoms with Gasteiger partial charge in [0.05, 0.1) is 11.7 Å². The summed E-state index contributed by atoms with van der Waals surface area (Å²) in [6.07, 6.45) is 1.63. The third kappa shape index (κ3) is 2.82. The number of carbonyl (C=O) groups excluding carboxylic acids is 1. The molecule has 98 valence electrons. The minimum Gasteiger partial charge on any atom is -0.507 e. The summed E-state index contributed by atoms with van der Waals surface area (Å²) in [6.45, 7) is 1.78. The predicted molar refractivity (Wildman–Crippen MR) is 69.9 cm³/mol. The highest BCUT2D eigenvalue weighted by Crippen LogP contribution is 2.26. The van der Waals surface area contributed by atoms with Crippen molar-refractivity contribution in [1.29, 1.82) is 0 Å². The lowest BCUT2D eigenvalue weighted by Crippen LogP contribution is -2.27. The first-order chi connectivity index (χ1) is 9.09. The highest BCUT2D eigenvalue weighted by atomic mass is 16.3. The van der Waals surface area contributed by atoms with Crippen molar-refractivity contribution in [2.75, 3.05) is 0 Å². The number of benzene rings is 1. The van der Waals surface area contributed by atoms with Crippen LogP contribution >= 0.6 is 0 Å². The first-order valence-electron chi connectivity index (χ1n) is 5.82. The summed E-state index contributed by atoms with van der Waals surface area (Å²) >= 11 is 0. The summed E-state index contributed by atoms with van der Waals surface area (Å²) in [5, 5.41) is 21.9. The zero-order chi connectivity index (χ0) is 13.8. The second-order valence-corrected chi connectivity index (χ2v) is 4.12. The summed E-state index contributed by atoms with van der Waals surface area (Å²) < 4.78 is 0. The first-order valence-corrected chi connectivity index (χ1v) is 5.82. The first kappa shape index (κ1) is 12.9. The Morgan fingerprint density at radius 2 is 1.84 bits per heavy atom. The predicted octanol–water partition coefficient (Wildman–Crippen LogP) is 1.98. The van der Waals surface area contributed by atoms with Crippen LogP contribution in [0.4, 0.5) is 0 Å². The number of hydrogen-bond acceptors (Lipinski definition) is 4. The molecule has 5 nitrogen and oxygen atoms in total. The van der Waals surface area contributed by atoms with E-state index >= 15 is 0 Å². The molecular formula is C14H14N2O3. The fourth-order valence-corrected chi connectivity index (χ4v) is 1.74. The fraction of sp³-hybridized carbons (Fsp3) is 0.143. The highest BCUT2D eigenvalue weighted by molar-refractivity contribution is 5.99. The summed E-state index contributed by atoms with van der Waals surface area (Å²) in [7, 11) is 0. The molecule has 3 N–H and O–H groups in total. The standard InChI is InChI=1S/C14H14N2O3/c1-9(10-5-2-3-8-15-10)16-14(19)13-11(17)6-4-7-12(13)18/h2-9,17-18H,1H3,(H,16,19). The van der Waals surface area contributed by atoms with Crippen LogP contribution in [0, 0.1) is 0 Å². The Labute approximate surface area is 110 Å². The smallest absolute Gasteiger partial charge is 0.259 e. The van der Waals surface area contributed by atoms with E-state index in [1.807, 2.05) is 6.07 Å². The van der Waals surface area contributed by atoms with E-state index in [2.05, 4.69) is 10.3 Å². The van der Waals surface area contributed by atoms with E-state index in [-0.39, 0.29) is 23.1 Å². The van der Waals surface area contributed by atoms with Crippen molar-refractivity contribution in [3.63, 3.8) is 0 Å². The molecule has 1 aromatic carbocycles. The Kier molecular flexibility index (Phi) is 3.66. The number of phenols is 2. The number of aromatic nitrogens is 1. The maximum atomic E-state index is 12.0. The molecule has 0 aliphatic carbocycles. The molecule has 1 amide bonds. The van der Waals surface area contributed by atoms with Crippen LogP contribution in [0.1, 0.15) is 29.0 Å². The zero-order valence-corrected chi connectivity index (χ0v) is 10.4. The van der Waals surface area contributed by atoms with Crippen molar-refractivity contribution in [2.45, 2.75) is 13.0 Å². The van der Waals surface area contributed by atoms with E-state index in [0.717, 1.165) is 0 Å². The molecule has 0 saturated carbocycles. The number of amides is 1. The van der Waals surface area contributed by atoms with Gasteiger partial charge in [0, 0.05) is 6.20 Å². The fourth-order valence-electron chi connectivity index (χ4n) is 1.74. The summed E-state index contributed by atoms with van der Waals surface area (Å²) in [5.41, 5.74) is 0.566. The Hall–Kier alpha value is -2.56. The minimum atomic E-state index is -0.547. The van der Waals surface area contributed by atoms with Gasteiger partial charge in [-0.05, 0) is 31.2 Å². The normalized spacial score (nSPS) is 11.8.